The van der Waals surface area contributed by atoms with E-state index in [9.17, 15) is 0 Å². The highest BCUT2D eigenvalue weighted by atomic mass is 33.2. The van der Waals surface area contributed by atoms with E-state index >= 15 is 0 Å². The van der Waals surface area contributed by atoms with Crippen LogP contribution in [0.3, 0.4) is 0 Å². The Balaban J connectivity index is 3.07. The molecule has 0 bridgehead atoms. The molecule has 0 aliphatic carbocycles. The van der Waals surface area contributed by atoms with Crippen LogP contribution in [0.1, 0.15) is 0 Å². The second-order valence-electron chi connectivity index (χ2n) is 2.81. The lowest BCUT2D eigenvalue weighted by molar-refractivity contribution is 1.16. The van der Waals surface area contributed by atoms with Crippen molar-refractivity contribution < 1.29 is 0 Å². The molecule has 0 spiro atoms. The van der Waals surface area contributed by atoms with Gasteiger partial charge in [-0.15, -0.1) is 10.2 Å². The summed E-state index contributed by atoms with van der Waals surface area (Å²) in [4.78, 5) is 0. The van der Waals surface area contributed by atoms with Crippen LogP contribution in [0.4, 0.5) is 0 Å². The van der Waals surface area contributed by atoms with Crippen molar-refractivity contribution in [3.63, 3.8) is 0 Å². The lowest BCUT2D eigenvalue weighted by Crippen LogP contribution is -2.12. The standard InChI is InChI=1S/C5H15NS2Si/c1-9(2,3)8-7-5-4-6/h4-6H2,1-3H3. The number of hydrogen-bond donors (Lipinski definition) is 1. The predicted molar refractivity (Wildman–Crippen MR) is 52.4 cm³/mol. The minimum atomic E-state index is -0.870. The first-order valence-electron chi connectivity index (χ1n) is 3.07. The summed E-state index contributed by atoms with van der Waals surface area (Å²) in [5.41, 5.74) is 5.34. The Kier molecular flexibility index (Phi) is 5.11. The summed E-state index contributed by atoms with van der Waals surface area (Å²) in [5, 5.41) is 0. The molecule has 0 saturated carbocycles. The van der Waals surface area contributed by atoms with Crippen LogP contribution in [0, 0.1) is 0 Å². The average Bonchev–Trinajstić information content (AvgIpc) is 1.63. The summed E-state index contributed by atoms with van der Waals surface area (Å²) in [6, 6.07) is 0. The van der Waals surface area contributed by atoms with Gasteiger partial charge in [-0.3, -0.25) is 0 Å². The average molecular weight is 181 g/mol. The fourth-order valence-electron chi connectivity index (χ4n) is 0.267. The topological polar surface area (TPSA) is 26.0 Å². The van der Waals surface area contributed by atoms with E-state index in [0.29, 0.717) is 0 Å². The Bertz CT molecular complexity index is 71.8. The first-order valence-corrected chi connectivity index (χ1v) is 9.61. The van der Waals surface area contributed by atoms with E-state index in [1.54, 1.807) is 0 Å². The number of hydrogen-bond acceptors (Lipinski definition) is 3. The van der Waals surface area contributed by atoms with Crippen molar-refractivity contribution >= 4 is 28.3 Å². The Morgan fingerprint density at radius 3 is 2.22 bits per heavy atom. The van der Waals surface area contributed by atoms with Crippen molar-refractivity contribution in [1.82, 2.24) is 0 Å². The maximum atomic E-state index is 5.34. The van der Waals surface area contributed by atoms with Crippen molar-refractivity contribution in [3.8, 4) is 0 Å². The smallest absolute Gasteiger partial charge is 0.122 e. The Labute approximate surface area is 66.2 Å². The van der Waals surface area contributed by atoms with Crippen molar-refractivity contribution in [3.05, 3.63) is 0 Å². The van der Waals surface area contributed by atoms with Crippen LogP contribution in [0.5, 0.6) is 0 Å². The molecule has 0 aromatic heterocycles. The summed E-state index contributed by atoms with van der Waals surface area (Å²) >= 11 is 0. The van der Waals surface area contributed by atoms with Gasteiger partial charge in [0.15, 0.2) is 0 Å². The summed E-state index contributed by atoms with van der Waals surface area (Å²) < 4.78 is 0. The zero-order valence-electron chi connectivity index (χ0n) is 6.31. The van der Waals surface area contributed by atoms with Crippen LogP contribution in [-0.4, -0.2) is 19.5 Å². The first kappa shape index (κ1) is 9.88. The highest BCUT2D eigenvalue weighted by Gasteiger charge is 2.12. The summed E-state index contributed by atoms with van der Waals surface area (Å²) in [7, 11) is 3.08. The molecule has 0 unspecified atom stereocenters. The van der Waals surface area contributed by atoms with Crippen molar-refractivity contribution in [1.29, 1.82) is 0 Å². The van der Waals surface area contributed by atoms with Crippen molar-refractivity contribution in [2.75, 3.05) is 12.3 Å². The fraction of sp³-hybridized carbons (Fsp3) is 1.00. The van der Waals surface area contributed by atoms with Crippen LogP contribution >= 0.6 is 21.0 Å². The van der Waals surface area contributed by atoms with E-state index in [1.807, 2.05) is 21.0 Å². The molecular weight excluding hydrogens is 166 g/mol. The molecule has 0 rings (SSSR count). The Hall–Kier alpha value is 0.877. The van der Waals surface area contributed by atoms with Crippen LogP contribution in [0.2, 0.25) is 19.6 Å². The molecule has 0 heterocycles. The molecule has 0 aromatic carbocycles. The molecule has 0 atom stereocenters. The largest absolute Gasteiger partial charge is 0.330 e. The SMILES string of the molecule is C[Si](C)(C)SSCCN. The quantitative estimate of drug-likeness (QED) is 0.409. The molecule has 4 heteroatoms. The van der Waals surface area contributed by atoms with Gasteiger partial charge in [0.05, 0.1) is 0 Å². The van der Waals surface area contributed by atoms with Gasteiger partial charge in [-0.2, -0.15) is 0 Å². The molecule has 1 nitrogen and oxygen atoms in total. The molecule has 0 saturated heterocycles. The Morgan fingerprint density at radius 1 is 1.33 bits per heavy atom. The molecule has 0 aromatic rings. The molecule has 0 amide bonds. The predicted octanol–water partition coefficient (Wildman–Crippen LogP) is 2.16. The van der Waals surface area contributed by atoms with Gasteiger partial charge in [0.2, 0.25) is 0 Å². The van der Waals surface area contributed by atoms with E-state index in [2.05, 4.69) is 19.6 Å². The minimum absolute atomic E-state index is 0.808. The normalized spacial score (nSPS) is 12.0. The van der Waals surface area contributed by atoms with E-state index < -0.39 is 7.22 Å². The van der Waals surface area contributed by atoms with Crippen LogP contribution in [0.15, 0.2) is 0 Å². The van der Waals surface area contributed by atoms with Crippen LogP contribution in [0.25, 0.3) is 0 Å². The van der Waals surface area contributed by atoms with Gasteiger partial charge in [0.1, 0.15) is 7.22 Å². The lowest BCUT2D eigenvalue weighted by atomic mass is 10.8. The maximum Gasteiger partial charge on any atom is 0.122 e. The minimum Gasteiger partial charge on any atom is -0.330 e. The Morgan fingerprint density at radius 2 is 1.89 bits per heavy atom. The zero-order chi connectivity index (χ0) is 7.33. The van der Waals surface area contributed by atoms with Crippen molar-refractivity contribution in [2.24, 2.45) is 5.73 Å². The van der Waals surface area contributed by atoms with Gasteiger partial charge in [-0.25, -0.2) is 0 Å². The van der Waals surface area contributed by atoms with Crippen LogP contribution in [-0.2, 0) is 0 Å². The van der Waals surface area contributed by atoms with E-state index in [0.717, 1.165) is 12.3 Å². The first-order chi connectivity index (χ1) is 4.06. The molecule has 0 radical (unpaired) electrons. The number of rotatable bonds is 4. The third kappa shape index (κ3) is 8.88. The third-order valence-corrected chi connectivity index (χ3v) is 9.44. The monoisotopic (exact) mass is 181 g/mol. The van der Waals surface area contributed by atoms with Gasteiger partial charge in [-0.05, 0) is 0 Å². The highest BCUT2D eigenvalue weighted by Crippen LogP contribution is 2.31. The maximum absolute atomic E-state index is 5.34. The number of nitrogens with two attached hydrogens (primary N) is 1. The molecular formula is C5H15NS2Si. The fourth-order valence-corrected chi connectivity index (χ4v) is 6.33. The summed E-state index contributed by atoms with van der Waals surface area (Å²) in [5.74, 6) is 1.09. The molecule has 0 fully saturated rings. The molecule has 9 heavy (non-hydrogen) atoms. The van der Waals surface area contributed by atoms with E-state index in [-0.39, 0.29) is 0 Å². The van der Waals surface area contributed by atoms with Gasteiger partial charge in [0.25, 0.3) is 0 Å². The molecule has 2 N–H and O–H groups in total. The molecule has 0 aliphatic rings. The molecule has 0 aliphatic heterocycles. The van der Waals surface area contributed by atoms with Gasteiger partial charge in [-0.1, -0.05) is 30.4 Å². The highest BCUT2D eigenvalue weighted by molar-refractivity contribution is 8.87. The zero-order valence-corrected chi connectivity index (χ0v) is 8.94. The van der Waals surface area contributed by atoms with Crippen molar-refractivity contribution in [2.45, 2.75) is 19.6 Å². The van der Waals surface area contributed by atoms with E-state index in [1.165, 1.54) is 0 Å². The summed E-state index contributed by atoms with van der Waals surface area (Å²) in [6.45, 7) is 7.85. The van der Waals surface area contributed by atoms with Gasteiger partial charge >= 0.3 is 0 Å². The van der Waals surface area contributed by atoms with Gasteiger partial charge in [0, 0.05) is 12.3 Å². The van der Waals surface area contributed by atoms with Gasteiger partial charge < -0.3 is 5.73 Å². The van der Waals surface area contributed by atoms with Crippen LogP contribution < -0.4 is 5.73 Å². The van der Waals surface area contributed by atoms with E-state index in [4.69, 9.17) is 5.73 Å². The summed E-state index contributed by atoms with van der Waals surface area (Å²) in [6.07, 6.45) is 0. The third-order valence-electron chi connectivity index (χ3n) is 0.510. The second kappa shape index (κ2) is 4.66. The molecule has 56 valence electrons. The lowest BCUT2D eigenvalue weighted by Gasteiger charge is -2.12. The second-order valence-corrected chi connectivity index (χ2v) is 14.2.